The Morgan fingerprint density at radius 1 is 1.38 bits per heavy atom. The molecule has 0 radical (unpaired) electrons. The van der Waals surface area contributed by atoms with E-state index in [-0.39, 0.29) is 13.7 Å². The summed E-state index contributed by atoms with van der Waals surface area (Å²) < 4.78 is 12.0. The minimum Gasteiger partial charge on any atom is -0.344 e. The van der Waals surface area contributed by atoms with Crippen molar-refractivity contribution in [2.45, 2.75) is 50.8 Å². The zero-order valence-corrected chi connectivity index (χ0v) is 11.0. The van der Waals surface area contributed by atoms with Crippen LogP contribution in [0.5, 0.6) is 0 Å². The first-order valence-corrected chi connectivity index (χ1v) is 7.64. The van der Waals surface area contributed by atoms with Crippen LogP contribution in [0.3, 0.4) is 0 Å². The summed E-state index contributed by atoms with van der Waals surface area (Å²) in [4.78, 5) is 0. The summed E-state index contributed by atoms with van der Waals surface area (Å²) in [6, 6.07) is 0. The smallest absolute Gasteiger partial charge is 0.163 e. The lowest BCUT2D eigenvalue weighted by atomic mass is 10.2. The van der Waals surface area contributed by atoms with Crippen molar-refractivity contribution < 1.29 is 9.47 Å². The summed E-state index contributed by atoms with van der Waals surface area (Å²) in [5.74, 6) is -0.368. The lowest BCUT2D eigenvalue weighted by molar-refractivity contribution is -0.145. The molecule has 2 nitrogen and oxygen atoms in total. The molecule has 3 heteroatoms. The average Bonchev–Trinajstić information content (AvgIpc) is 2.84. The van der Waals surface area contributed by atoms with Crippen molar-refractivity contribution in [3.05, 3.63) is 23.5 Å². The number of rotatable bonds is 1. The molecule has 0 spiro atoms. The third-order valence-corrected chi connectivity index (χ3v) is 6.79. The summed E-state index contributed by atoms with van der Waals surface area (Å²) in [6.07, 6.45) is 9.74. The lowest BCUT2D eigenvalue weighted by Crippen LogP contribution is -2.26. The highest BCUT2D eigenvalue weighted by molar-refractivity contribution is 7.63. The zero-order chi connectivity index (χ0) is 11.3. The van der Waals surface area contributed by atoms with Gasteiger partial charge in [0.2, 0.25) is 0 Å². The van der Waals surface area contributed by atoms with Crippen LogP contribution in [-0.4, -0.2) is 29.8 Å². The van der Waals surface area contributed by atoms with Gasteiger partial charge in [0.05, 0.1) is 12.2 Å². The van der Waals surface area contributed by atoms with Crippen molar-refractivity contribution in [3.8, 4) is 0 Å². The number of fused-ring (bicyclic) bond motifs is 1. The molecular weight excluding hydrogens is 219 g/mol. The molecule has 0 amide bonds. The van der Waals surface area contributed by atoms with E-state index in [0.29, 0.717) is 17.9 Å². The summed E-state index contributed by atoms with van der Waals surface area (Å²) >= 11 is 0. The Balaban J connectivity index is 1.75. The third-order valence-electron chi connectivity index (χ3n) is 3.69. The molecule has 0 aromatic rings. The Morgan fingerprint density at radius 3 is 2.81 bits per heavy atom. The quantitative estimate of drug-likeness (QED) is 0.653. The molecule has 1 unspecified atom stereocenters. The van der Waals surface area contributed by atoms with Crippen molar-refractivity contribution in [1.29, 1.82) is 0 Å². The molecule has 4 atom stereocenters. The molecule has 0 N–H and O–H groups in total. The Kier molecular flexibility index (Phi) is 2.51. The van der Waals surface area contributed by atoms with Gasteiger partial charge in [-0.05, 0) is 25.6 Å². The van der Waals surface area contributed by atoms with Gasteiger partial charge < -0.3 is 9.47 Å². The minimum absolute atomic E-state index is 0.0335. The summed E-state index contributed by atoms with van der Waals surface area (Å²) in [7, 11) is -0.0335. The Morgan fingerprint density at radius 2 is 2.19 bits per heavy atom. The highest BCUT2D eigenvalue weighted by Crippen LogP contribution is 2.61. The van der Waals surface area contributed by atoms with E-state index in [1.165, 1.54) is 6.16 Å². The Hall–Kier alpha value is -0.170. The molecule has 3 rings (SSSR count). The van der Waals surface area contributed by atoms with Gasteiger partial charge in [-0.25, -0.2) is 0 Å². The zero-order valence-electron chi connectivity index (χ0n) is 10.1. The predicted octanol–water partition coefficient (Wildman–Crippen LogP) is 3.23. The minimum atomic E-state index is -0.368. The largest absolute Gasteiger partial charge is 0.344 e. The van der Waals surface area contributed by atoms with Crippen LogP contribution in [0.4, 0.5) is 0 Å². The second-order valence-electron chi connectivity index (χ2n) is 5.32. The van der Waals surface area contributed by atoms with Crippen LogP contribution in [0.1, 0.15) is 27.2 Å². The van der Waals surface area contributed by atoms with E-state index in [9.17, 15) is 0 Å². The van der Waals surface area contributed by atoms with Gasteiger partial charge in [-0.2, -0.15) is 0 Å². The Bertz CT molecular complexity index is 359. The van der Waals surface area contributed by atoms with Gasteiger partial charge in [-0.15, -0.1) is 0 Å². The number of ether oxygens (including phenoxy) is 2. The summed E-state index contributed by atoms with van der Waals surface area (Å²) in [5.41, 5.74) is 0.646. The molecule has 2 fully saturated rings. The molecule has 2 aliphatic heterocycles. The summed E-state index contributed by atoms with van der Waals surface area (Å²) in [6.45, 7) is 6.38. The molecule has 0 saturated carbocycles. The third kappa shape index (κ3) is 1.68. The molecule has 1 aliphatic carbocycles. The average molecular weight is 238 g/mol. The number of hydrogen-bond donors (Lipinski definition) is 0. The maximum atomic E-state index is 6.02. The normalized spacial score (nSPS) is 44.8. The van der Waals surface area contributed by atoms with Crippen molar-refractivity contribution in [2.24, 2.45) is 0 Å². The van der Waals surface area contributed by atoms with Crippen molar-refractivity contribution in [2.75, 3.05) is 6.16 Å². The maximum Gasteiger partial charge on any atom is 0.163 e. The first-order valence-electron chi connectivity index (χ1n) is 6.05. The van der Waals surface area contributed by atoms with Crippen LogP contribution in [0.2, 0.25) is 0 Å². The number of allylic oxidation sites excluding steroid dienone is 4. The van der Waals surface area contributed by atoms with Gasteiger partial charge in [-0.3, -0.25) is 0 Å². The van der Waals surface area contributed by atoms with E-state index in [4.69, 9.17) is 9.47 Å². The van der Waals surface area contributed by atoms with E-state index in [0.717, 1.165) is 6.42 Å². The summed E-state index contributed by atoms with van der Waals surface area (Å²) in [5, 5.41) is 1.63. The van der Waals surface area contributed by atoms with Crippen LogP contribution in [0, 0.1) is 0 Å². The highest BCUT2D eigenvalue weighted by atomic mass is 31.1. The topological polar surface area (TPSA) is 18.5 Å². The Labute approximate surface area is 98.4 Å². The van der Waals surface area contributed by atoms with Crippen molar-refractivity contribution in [1.82, 2.24) is 0 Å². The lowest BCUT2D eigenvalue weighted by Gasteiger charge is -2.25. The molecule has 2 saturated heterocycles. The van der Waals surface area contributed by atoms with E-state index >= 15 is 0 Å². The van der Waals surface area contributed by atoms with Gasteiger partial charge in [0.15, 0.2) is 5.79 Å². The van der Waals surface area contributed by atoms with Crippen molar-refractivity contribution in [3.63, 3.8) is 0 Å². The van der Waals surface area contributed by atoms with Gasteiger partial charge in [0.25, 0.3) is 0 Å². The molecule has 3 aliphatic rings. The van der Waals surface area contributed by atoms with Gasteiger partial charge in [-0.1, -0.05) is 33.1 Å². The molecule has 16 heavy (non-hydrogen) atoms. The van der Waals surface area contributed by atoms with Crippen molar-refractivity contribution >= 4 is 7.92 Å². The monoisotopic (exact) mass is 238 g/mol. The van der Waals surface area contributed by atoms with E-state index in [1.54, 1.807) is 5.31 Å². The van der Waals surface area contributed by atoms with E-state index in [1.807, 2.05) is 13.8 Å². The van der Waals surface area contributed by atoms with E-state index < -0.39 is 0 Å². The van der Waals surface area contributed by atoms with E-state index in [2.05, 4.69) is 25.2 Å². The molecule has 0 aromatic carbocycles. The van der Waals surface area contributed by atoms with Gasteiger partial charge >= 0.3 is 0 Å². The SMILES string of the molecule is C[C@H]1[C@H]2OC(C)(C)O[C@@H]2CP1C1=CC=CC1. The van der Waals surface area contributed by atoms with Gasteiger partial charge in [0.1, 0.15) is 0 Å². The fourth-order valence-electron chi connectivity index (χ4n) is 2.98. The molecule has 88 valence electrons. The molecule has 0 bridgehead atoms. The van der Waals surface area contributed by atoms with Crippen LogP contribution in [-0.2, 0) is 9.47 Å². The molecular formula is C13H19O2P. The molecule has 2 heterocycles. The first kappa shape index (κ1) is 11.0. The van der Waals surface area contributed by atoms with Crippen LogP contribution in [0.25, 0.3) is 0 Å². The predicted molar refractivity (Wildman–Crippen MR) is 66.9 cm³/mol. The first-order chi connectivity index (χ1) is 7.57. The fraction of sp³-hybridized carbons (Fsp3) is 0.692. The number of hydrogen-bond acceptors (Lipinski definition) is 2. The second kappa shape index (κ2) is 3.66. The molecule has 0 aromatic heterocycles. The van der Waals surface area contributed by atoms with Crippen LogP contribution < -0.4 is 0 Å². The fourth-order valence-corrected chi connectivity index (χ4v) is 5.96. The van der Waals surface area contributed by atoms with Gasteiger partial charge in [0, 0.05) is 11.8 Å². The van der Waals surface area contributed by atoms with Crippen LogP contribution in [0.15, 0.2) is 23.5 Å². The highest BCUT2D eigenvalue weighted by Gasteiger charge is 2.51. The second-order valence-corrected chi connectivity index (χ2v) is 8.02. The standard InChI is InChI=1S/C13H19O2P/c1-9-12-11(14-13(2,3)15-12)8-16(9)10-6-4-5-7-10/h4-6,9,11-12H,7-8H2,1-3H3/t9-,11+,12+,16?/m0/s1. The van der Waals surface area contributed by atoms with Crippen LogP contribution >= 0.6 is 7.92 Å². The maximum absolute atomic E-state index is 6.02.